The first-order chi connectivity index (χ1) is 6.94. The van der Waals surface area contributed by atoms with Gasteiger partial charge in [0.05, 0.1) is 23.6 Å². The van der Waals surface area contributed by atoms with E-state index in [0.717, 1.165) is 0 Å². The van der Waals surface area contributed by atoms with Crippen molar-refractivity contribution in [3.63, 3.8) is 0 Å². The summed E-state index contributed by atoms with van der Waals surface area (Å²) in [6.07, 6.45) is 0.652. The molecular formula is C7HF3N4S. The Hall–Kier alpha value is -1.98. The largest absolute Gasteiger partial charge is 0.463 e. The monoisotopic (exact) mass is 230 g/mol. The predicted molar refractivity (Wildman–Crippen MR) is 46.0 cm³/mol. The standard InChI is InChI=1S/C7HF3N4S/c8-7(9,10)15-14-6(4-13)5(3-12)1-2-11/h1H. The van der Waals surface area contributed by atoms with Crippen LogP contribution in [0.2, 0.25) is 0 Å². The number of rotatable bonds is 2. The van der Waals surface area contributed by atoms with Gasteiger partial charge in [0.25, 0.3) is 0 Å². The molecule has 0 radical (unpaired) electrons. The molecule has 0 fully saturated rings. The molecule has 0 amide bonds. The van der Waals surface area contributed by atoms with Crippen molar-refractivity contribution in [2.45, 2.75) is 5.51 Å². The fourth-order valence-corrected chi connectivity index (χ4v) is 0.779. The average Bonchev–Trinajstić information content (AvgIpc) is 2.15. The van der Waals surface area contributed by atoms with Crippen LogP contribution >= 0.6 is 11.9 Å². The van der Waals surface area contributed by atoms with Crippen LogP contribution in [0.4, 0.5) is 13.2 Å². The molecule has 0 aromatic carbocycles. The van der Waals surface area contributed by atoms with E-state index in [4.69, 9.17) is 15.8 Å². The van der Waals surface area contributed by atoms with Gasteiger partial charge in [-0.05, 0) is 0 Å². The van der Waals surface area contributed by atoms with Gasteiger partial charge in [0, 0.05) is 6.08 Å². The number of allylic oxidation sites excluding steroid dienone is 2. The Labute approximate surface area is 87.1 Å². The molecule has 0 spiro atoms. The predicted octanol–water partition coefficient (Wildman–Crippen LogP) is 2.09. The van der Waals surface area contributed by atoms with Gasteiger partial charge in [0.2, 0.25) is 0 Å². The SMILES string of the molecule is N#CC=C(C#N)C(C#N)=NSC(F)(F)F. The first kappa shape index (κ1) is 13.0. The third kappa shape index (κ3) is 5.35. The molecule has 0 rings (SSSR count). The van der Waals surface area contributed by atoms with Crippen molar-refractivity contribution >= 4 is 17.7 Å². The molecule has 0 saturated heterocycles. The molecule has 0 atom stereocenters. The van der Waals surface area contributed by atoms with E-state index in [1.807, 2.05) is 0 Å². The Bertz CT molecular complexity index is 415. The van der Waals surface area contributed by atoms with Crippen LogP contribution in [0, 0.1) is 34.0 Å². The molecule has 0 aromatic heterocycles. The van der Waals surface area contributed by atoms with E-state index in [1.54, 1.807) is 0 Å². The van der Waals surface area contributed by atoms with Gasteiger partial charge in [0.1, 0.15) is 12.1 Å². The van der Waals surface area contributed by atoms with Crippen LogP contribution in [0.1, 0.15) is 0 Å². The summed E-state index contributed by atoms with van der Waals surface area (Å²) in [5.74, 6) is 0. The normalized spacial score (nSPS) is 12.5. The molecule has 0 saturated carbocycles. The van der Waals surface area contributed by atoms with Gasteiger partial charge in [-0.2, -0.15) is 33.4 Å². The summed E-state index contributed by atoms with van der Waals surface area (Å²) in [5, 5.41) is 25.0. The van der Waals surface area contributed by atoms with Gasteiger partial charge >= 0.3 is 5.51 Å². The van der Waals surface area contributed by atoms with Gasteiger partial charge in [-0.3, -0.25) is 0 Å². The lowest BCUT2D eigenvalue weighted by atomic mass is 10.2. The maximum atomic E-state index is 11.7. The molecule has 4 nitrogen and oxygen atoms in total. The summed E-state index contributed by atoms with van der Waals surface area (Å²) in [6.45, 7) is 0. The second-order valence-corrected chi connectivity index (χ2v) is 2.72. The molecule has 8 heteroatoms. The van der Waals surface area contributed by atoms with Crippen molar-refractivity contribution in [2.24, 2.45) is 4.40 Å². The first-order valence-electron chi connectivity index (χ1n) is 3.18. The quantitative estimate of drug-likeness (QED) is 0.413. The maximum Gasteiger partial charge on any atom is 0.463 e. The molecule has 0 aromatic rings. The smallest absolute Gasteiger partial charge is 0.195 e. The van der Waals surface area contributed by atoms with Crippen LogP contribution in [0.3, 0.4) is 0 Å². The van der Waals surface area contributed by atoms with E-state index in [2.05, 4.69) is 4.40 Å². The number of hydrogen-bond acceptors (Lipinski definition) is 5. The van der Waals surface area contributed by atoms with E-state index in [9.17, 15) is 13.2 Å². The second kappa shape index (κ2) is 5.69. The Morgan fingerprint density at radius 2 is 1.80 bits per heavy atom. The molecule has 0 N–H and O–H groups in total. The Morgan fingerprint density at radius 1 is 1.20 bits per heavy atom. The second-order valence-electron chi connectivity index (χ2n) is 1.89. The maximum absolute atomic E-state index is 11.7. The van der Waals surface area contributed by atoms with Crippen molar-refractivity contribution in [2.75, 3.05) is 0 Å². The van der Waals surface area contributed by atoms with E-state index in [-0.39, 0.29) is 0 Å². The molecule has 0 bridgehead atoms. The van der Waals surface area contributed by atoms with Crippen LogP contribution in [0.25, 0.3) is 0 Å². The minimum absolute atomic E-state index is 0.503. The van der Waals surface area contributed by atoms with Crippen LogP contribution in [-0.4, -0.2) is 11.2 Å². The van der Waals surface area contributed by atoms with Crippen molar-refractivity contribution in [1.82, 2.24) is 0 Å². The van der Waals surface area contributed by atoms with Crippen molar-refractivity contribution in [1.29, 1.82) is 15.8 Å². The Balaban J connectivity index is 4.97. The molecule has 0 unspecified atom stereocenters. The van der Waals surface area contributed by atoms with Gasteiger partial charge < -0.3 is 0 Å². The summed E-state index contributed by atoms with van der Waals surface area (Å²) < 4.78 is 37.9. The topological polar surface area (TPSA) is 83.7 Å². The molecular weight excluding hydrogens is 229 g/mol. The van der Waals surface area contributed by atoms with Crippen LogP contribution in [0.15, 0.2) is 16.0 Å². The number of nitriles is 3. The Morgan fingerprint density at radius 3 is 2.13 bits per heavy atom. The highest BCUT2D eigenvalue weighted by Gasteiger charge is 2.29. The number of nitrogens with zero attached hydrogens (tertiary/aromatic N) is 4. The van der Waals surface area contributed by atoms with Crippen LogP contribution in [-0.2, 0) is 0 Å². The van der Waals surface area contributed by atoms with Gasteiger partial charge in [0.15, 0.2) is 5.71 Å². The minimum Gasteiger partial charge on any atom is -0.195 e. The Kier molecular flexibility index (Phi) is 4.94. The van der Waals surface area contributed by atoms with Crippen molar-refractivity contribution in [3.8, 4) is 18.2 Å². The van der Waals surface area contributed by atoms with E-state index in [1.165, 1.54) is 18.2 Å². The molecule has 15 heavy (non-hydrogen) atoms. The zero-order valence-corrected chi connectivity index (χ0v) is 7.72. The fraction of sp³-hybridized carbons (Fsp3) is 0.143. The zero-order valence-electron chi connectivity index (χ0n) is 6.91. The molecule has 76 valence electrons. The van der Waals surface area contributed by atoms with E-state index >= 15 is 0 Å². The minimum atomic E-state index is -4.63. The first-order valence-corrected chi connectivity index (χ1v) is 3.95. The third-order valence-electron chi connectivity index (χ3n) is 0.931. The summed E-state index contributed by atoms with van der Waals surface area (Å²) in [6, 6.07) is 4.12. The van der Waals surface area contributed by atoms with E-state index < -0.39 is 28.7 Å². The molecule has 0 aliphatic carbocycles. The fourth-order valence-electron chi connectivity index (χ4n) is 0.445. The van der Waals surface area contributed by atoms with Gasteiger partial charge in [-0.1, -0.05) is 0 Å². The van der Waals surface area contributed by atoms with Crippen LogP contribution < -0.4 is 0 Å². The molecule has 0 aliphatic rings. The lowest BCUT2D eigenvalue weighted by molar-refractivity contribution is -0.0327. The average molecular weight is 230 g/mol. The number of alkyl halides is 3. The number of hydrogen-bond donors (Lipinski definition) is 0. The highest BCUT2D eigenvalue weighted by Crippen LogP contribution is 2.31. The molecule has 0 heterocycles. The van der Waals surface area contributed by atoms with Gasteiger partial charge in [-0.25, -0.2) is 0 Å². The van der Waals surface area contributed by atoms with Gasteiger partial charge in [-0.15, -0.1) is 0 Å². The molecule has 0 aliphatic heterocycles. The lowest BCUT2D eigenvalue weighted by Crippen LogP contribution is -2.01. The summed E-state index contributed by atoms with van der Waals surface area (Å²) in [4.78, 5) is 0. The number of halogens is 3. The summed E-state index contributed by atoms with van der Waals surface area (Å²) >= 11 is -0.800. The van der Waals surface area contributed by atoms with Crippen LogP contribution in [0.5, 0.6) is 0 Å². The highest BCUT2D eigenvalue weighted by atomic mass is 32.2. The zero-order chi connectivity index (χ0) is 11.9. The van der Waals surface area contributed by atoms with Crippen molar-refractivity contribution < 1.29 is 13.2 Å². The highest BCUT2D eigenvalue weighted by molar-refractivity contribution is 7.99. The lowest BCUT2D eigenvalue weighted by Gasteiger charge is -1.99. The van der Waals surface area contributed by atoms with Crippen molar-refractivity contribution in [3.05, 3.63) is 11.6 Å². The van der Waals surface area contributed by atoms with E-state index in [0.29, 0.717) is 6.08 Å². The summed E-state index contributed by atoms with van der Waals surface area (Å²) in [5.41, 5.74) is -5.87. The third-order valence-corrected chi connectivity index (χ3v) is 1.41. The summed E-state index contributed by atoms with van der Waals surface area (Å²) in [7, 11) is 0.